The second-order valence-corrected chi connectivity index (χ2v) is 5.35. The fourth-order valence-corrected chi connectivity index (χ4v) is 1.83. The first-order chi connectivity index (χ1) is 5.68. The summed E-state index contributed by atoms with van der Waals surface area (Å²) in [6, 6.07) is 0. The number of nitro groups is 1. The zero-order valence-electron chi connectivity index (χ0n) is 9.39. The van der Waals surface area contributed by atoms with Gasteiger partial charge in [0.05, 0.1) is 0 Å². The SMILES string of the molecule is CCC(C)(C)CC(C)(C)C[N+](=O)[O-]. The lowest BCUT2D eigenvalue weighted by Crippen LogP contribution is -2.29. The molecule has 78 valence electrons. The van der Waals surface area contributed by atoms with Gasteiger partial charge in [0.25, 0.3) is 0 Å². The van der Waals surface area contributed by atoms with Crippen LogP contribution in [-0.4, -0.2) is 11.5 Å². The first kappa shape index (κ1) is 12.4. The van der Waals surface area contributed by atoms with Crippen molar-refractivity contribution in [2.75, 3.05) is 6.54 Å². The summed E-state index contributed by atoms with van der Waals surface area (Å²) in [5, 5.41) is 10.4. The van der Waals surface area contributed by atoms with Crippen molar-refractivity contribution in [1.82, 2.24) is 0 Å². The van der Waals surface area contributed by atoms with Crippen LogP contribution in [0.1, 0.15) is 47.5 Å². The Bertz CT molecular complexity index is 185. The third-order valence-electron chi connectivity index (χ3n) is 2.47. The summed E-state index contributed by atoms with van der Waals surface area (Å²) in [4.78, 5) is 10.2. The van der Waals surface area contributed by atoms with E-state index in [0.29, 0.717) is 0 Å². The van der Waals surface area contributed by atoms with E-state index in [1.54, 1.807) is 0 Å². The molecule has 0 aliphatic heterocycles. The highest BCUT2D eigenvalue weighted by atomic mass is 16.6. The zero-order chi connectivity index (χ0) is 10.7. The molecule has 0 aromatic carbocycles. The predicted molar refractivity (Wildman–Crippen MR) is 54.3 cm³/mol. The van der Waals surface area contributed by atoms with Crippen molar-refractivity contribution in [2.45, 2.75) is 47.5 Å². The van der Waals surface area contributed by atoms with E-state index < -0.39 is 0 Å². The predicted octanol–water partition coefficient (Wildman–Crippen LogP) is 3.12. The highest BCUT2D eigenvalue weighted by molar-refractivity contribution is 4.77. The summed E-state index contributed by atoms with van der Waals surface area (Å²) < 4.78 is 0. The van der Waals surface area contributed by atoms with Crippen LogP contribution in [0, 0.1) is 20.9 Å². The molecule has 0 radical (unpaired) electrons. The van der Waals surface area contributed by atoms with Crippen LogP contribution in [0.5, 0.6) is 0 Å². The van der Waals surface area contributed by atoms with Crippen molar-refractivity contribution >= 4 is 0 Å². The molecule has 0 aliphatic rings. The molecule has 0 saturated heterocycles. The van der Waals surface area contributed by atoms with Gasteiger partial charge in [0, 0.05) is 10.3 Å². The van der Waals surface area contributed by atoms with Crippen molar-refractivity contribution in [1.29, 1.82) is 0 Å². The van der Waals surface area contributed by atoms with Crippen LogP contribution in [-0.2, 0) is 0 Å². The minimum Gasteiger partial charge on any atom is -0.265 e. The molecule has 0 aromatic heterocycles. The largest absolute Gasteiger partial charge is 0.265 e. The lowest BCUT2D eigenvalue weighted by Gasteiger charge is -2.31. The van der Waals surface area contributed by atoms with Crippen LogP contribution in [0.2, 0.25) is 0 Å². The Balaban J connectivity index is 4.24. The molecule has 0 fully saturated rings. The van der Waals surface area contributed by atoms with Crippen LogP contribution < -0.4 is 0 Å². The molecule has 0 bridgehead atoms. The van der Waals surface area contributed by atoms with Crippen LogP contribution in [0.15, 0.2) is 0 Å². The van der Waals surface area contributed by atoms with E-state index in [-0.39, 0.29) is 22.3 Å². The van der Waals surface area contributed by atoms with Crippen molar-refractivity contribution in [3.63, 3.8) is 0 Å². The molecule has 3 heteroatoms. The van der Waals surface area contributed by atoms with Crippen molar-refractivity contribution in [2.24, 2.45) is 10.8 Å². The fraction of sp³-hybridized carbons (Fsp3) is 1.00. The van der Waals surface area contributed by atoms with Crippen LogP contribution >= 0.6 is 0 Å². The Morgan fingerprint density at radius 3 is 1.92 bits per heavy atom. The molecule has 0 unspecified atom stereocenters. The van der Waals surface area contributed by atoms with Gasteiger partial charge in [-0.1, -0.05) is 41.0 Å². The van der Waals surface area contributed by atoms with Crippen molar-refractivity contribution in [3.8, 4) is 0 Å². The zero-order valence-corrected chi connectivity index (χ0v) is 9.39. The highest BCUT2D eigenvalue weighted by Gasteiger charge is 2.31. The molecule has 0 rings (SSSR count). The Kier molecular flexibility index (Phi) is 3.88. The number of rotatable bonds is 5. The lowest BCUT2D eigenvalue weighted by molar-refractivity contribution is -0.496. The summed E-state index contributed by atoms with van der Waals surface area (Å²) >= 11 is 0. The van der Waals surface area contributed by atoms with Crippen LogP contribution in [0.4, 0.5) is 0 Å². The van der Waals surface area contributed by atoms with Crippen LogP contribution in [0.3, 0.4) is 0 Å². The van der Waals surface area contributed by atoms with Gasteiger partial charge in [0.15, 0.2) is 0 Å². The Morgan fingerprint density at radius 1 is 1.15 bits per heavy atom. The lowest BCUT2D eigenvalue weighted by atomic mass is 9.74. The third kappa shape index (κ3) is 5.61. The molecular weight excluding hydrogens is 166 g/mol. The molecule has 0 amide bonds. The number of nitrogens with zero attached hydrogens (tertiary/aromatic N) is 1. The Labute approximate surface area is 80.7 Å². The maximum absolute atomic E-state index is 10.4. The highest BCUT2D eigenvalue weighted by Crippen LogP contribution is 2.35. The molecule has 0 heterocycles. The maximum Gasteiger partial charge on any atom is 0.208 e. The standard InChI is InChI=1S/C10H21NO2/c1-6-9(2,3)7-10(4,5)8-11(12)13/h6-8H2,1-5H3. The monoisotopic (exact) mass is 187 g/mol. The van der Waals surface area contributed by atoms with Crippen molar-refractivity contribution in [3.05, 3.63) is 10.1 Å². The minimum absolute atomic E-state index is 0.0659. The third-order valence-corrected chi connectivity index (χ3v) is 2.47. The van der Waals surface area contributed by atoms with E-state index >= 15 is 0 Å². The van der Waals surface area contributed by atoms with E-state index in [9.17, 15) is 10.1 Å². The van der Waals surface area contributed by atoms with Gasteiger partial charge in [-0.2, -0.15) is 0 Å². The number of hydrogen-bond donors (Lipinski definition) is 0. The summed E-state index contributed by atoms with van der Waals surface area (Å²) in [6.07, 6.45) is 1.96. The number of hydrogen-bond acceptors (Lipinski definition) is 2. The van der Waals surface area contributed by atoms with Gasteiger partial charge >= 0.3 is 0 Å². The molecule has 13 heavy (non-hydrogen) atoms. The molecule has 3 nitrogen and oxygen atoms in total. The molecule has 0 aliphatic carbocycles. The summed E-state index contributed by atoms with van der Waals surface area (Å²) in [5.74, 6) is 0. The van der Waals surface area contributed by atoms with E-state index in [1.807, 2.05) is 13.8 Å². The Hall–Kier alpha value is -0.600. The molecule has 0 N–H and O–H groups in total. The van der Waals surface area contributed by atoms with Gasteiger partial charge in [0.2, 0.25) is 6.54 Å². The van der Waals surface area contributed by atoms with Crippen LogP contribution in [0.25, 0.3) is 0 Å². The quantitative estimate of drug-likeness (QED) is 0.490. The first-order valence-corrected chi connectivity index (χ1v) is 4.80. The molecule has 0 aromatic rings. The van der Waals surface area contributed by atoms with Gasteiger partial charge in [0.1, 0.15) is 0 Å². The molecule has 0 spiro atoms. The van der Waals surface area contributed by atoms with Gasteiger partial charge in [-0.05, 0) is 11.8 Å². The van der Waals surface area contributed by atoms with E-state index in [0.717, 1.165) is 12.8 Å². The fourth-order valence-electron chi connectivity index (χ4n) is 1.83. The summed E-state index contributed by atoms with van der Waals surface area (Å²) in [6.45, 7) is 10.4. The molecule has 0 saturated carbocycles. The molecule has 0 atom stereocenters. The van der Waals surface area contributed by atoms with E-state index in [2.05, 4.69) is 20.8 Å². The van der Waals surface area contributed by atoms with Gasteiger partial charge < -0.3 is 0 Å². The smallest absolute Gasteiger partial charge is 0.208 e. The van der Waals surface area contributed by atoms with E-state index in [1.165, 1.54) is 0 Å². The van der Waals surface area contributed by atoms with Crippen molar-refractivity contribution < 1.29 is 4.92 Å². The topological polar surface area (TPSA) is 43.1 Å². The normalized spacial score (nSPS) is 13.0. The second kappa shape index (κ2) is 4.07. The Morgan fingerprint density at radius 2 is 1.62 bits per heavy atom. The summed E-state index contributed by atoms with van der Waals surface area (Å²) in [5.41, 5.74) is 0.0164. The van der Waals surface area contributed by atoms with Gasteiger partial charge in [-0.25, -0.2) is 0 Å². The first-order valence-electron chi connectivity index (χ1n) is 4.80. The molecular formula is C10H21NO2. The van der Waals surface area contributed by atoms with E-state index in [4.69, 9.17) is 0 Å². The average Bonchev–Trinajstić information content (AvgIpc) is 1.81. The summed E-state index contributed by atoms with van der Waals surface area (Å²) in [7, 11) is 0. The minimum atomic E-state index is -0.217. The maximum atomic E-state index is 10.4. The van der Waals surface area contributed by atoms with Gasteiger partial charge in [-0.3, -0.25) is 10.1 Å². The second-order valence-electron chi connectivity index (χ2n) is 5.35. The average molecular weight is 187 g/mol. The van der Waals surface area contributed by atoms with Gasteiger partial charge in [-0.15, -0.1) is 0 Å².